The van der Waals surface area contributed by atoms with Gasteiger partial charge in [-0.25, -0.2) is 4.98 Å². The van der Waals surface area contributed by atoms with E-state index in [2.05, 4.69) is 42.2 Å². The summed E-state index contributed by atoms with van der Waals surface area (Å²) in [6.45, 7) is 4.48. The molecule has 0 bridgehead atoms. The van der Waals surface area contributed by atoms with Crippen molar-refractivity contribution in [3.05, 3.63) is 23.9 Å². The average molecular weight is 233 g/mol. The lowest BCUT2D eigenvalue weighted by atomic mass is 10.1. The summed E-state index contributed by atoms with van der Waals surface area (Å²) >= 11 is 0. The summed E-state index contributed by atoms with van der Waals surface area (Å²) < 4.78 is 0. The van der Waals surface area contributed by atoms with Gasteiger partial charge < -0.3 is 10.2 Å². The molecule has 0 radical (unpaired) electrons. The summed E-state index contributed by atoms with van der Waals surface area (Å²) in [5.41, 5.74) is 1.28. The fourth-order valence-corrected chi connectivity index (χ4v) is 2.29. The Morgan fingerprint density at radius 1 is 1.41 bits per heavy atom. The predicted octanol–water partition coefficient (Wildman–Crippen LogP) is 2.60. The quantitative estimate of drug-likeness (QED) is 0.847. The molecule has 3 nitrogen and oxygen atoms in total. The Hall–Kier alpha value is -1.09. The van der Waals surface area contributed by atoms with E-state index in [0.717, 1.165) is 11.7 Å². The van der Waals surface area contributed by atoms with Crippen molar-refractivity contribution in [2.75, 3.05) is 19.0 Å². The molecule has 0 spiro atoms. The number of nitrogens with one attached hydrogen (secondary N) is 1. The minimum atomic E-state index is 0.340. The van der Waals surface area contributed by atoms with E-state index in [-0.39, 0.29) is 0 Å². The molecular formula is C14H23N3. The number of rotatable bonds is 5. The lowest BCUT2D eigenvalue weighted by molar-refractivity contribution is 0.590. The molecule has 0 saturated heterocycles. The van der Waals surface area contributed by atoms with E-state index in [1.54, 1.807) is 0 Å². The van der Waals surface area contributed by atoms with E-state index in [1.807, 2.05) is 19.3 Å². The van der Waals surface area contributed by atoms with Crippen molar-refractivity contribution < 1.29 is 0 Å². The fourth-order valence-electron chi connectivity index (χ4n) is 2.29. The Kier molecular flexibility index (Phi) is 3.67. The molecule has 1 aromatic rings. The summed E-state index contributed by atoms with van der Waals surface area (Å²) in [4.78, 5) is 6.90. The molecule has 1 N–H and O–H groups in total. The highest BCUT2D eigenvalue weighted by atomic mass is 15.2. The van der Waals surface area contributed by atoms with Gasteiger partial charge in [0.05, 0.1) is 0 Å². The monoisotopic (exact) mass is 233 g/mol. The molecule has 1 aromatic heterocycles. The Balaban J connectivity index is 2.23. The highest BCUT2D eigenvalue weighted by Gasteiger charge is 2.31. The third kappa shape index (κ3) is 2.60. The highest BCUT2D eigenvalue weighted by molar-refractivity contribution is 5.48. The third-order valence-electron chi connectivity index (χ3n) is 3.97. The molecule has 0 aliphatic heterocycles. The summed E-state index contributed by atoms with van der Waals surface area (Å²) in [7, 11) is 4.16. The molecule has 2 unspecified atom stereocenters. The largest absolute Gasteiger partial charge is 0.356 e. The van der Waals surface area contributed by atoms with Crippen LogP contribution in [-0.2, 0) is 0 Å². The number of aromatic nitrogens is 1. The van der Waals surface area contributed by atoms with Gasteiger partial charge in [0, 0.05) is 30.9 Å². The molecule has 0 amide bonds. The van der Waals surface area contributed by atoms with E-state index in [1.165, 1.54) is 18.4 Å². The highest BCUT2D eigenvalue weighted by Crippen LogP contribution is 2.37. The van der Waals surface area contributed by atoms with E-state index < -0.39 is 0 Å². The van der Waals surface area contributed by atoms with Gasteiger partial charge in [-0.3, -0.25) is 0 Å². The van der Waals surface area contributed by atoms with Crippen LogP contribution in [0.5, 0.6) is 0 Å². The minimum absolute atomic E-state index is 0.340. The van der Waals surface area contributed by atoms with Gasteiger partial charge in [0.2, 0.25) is 0 Å². The summed E-state index contributed by atoms with van der Waals surface area (Å²) in [6, 6.07) is 5.11. The van der Waals surface area contributed by atoms with Crippen LogP contribution in [-0.4, -0.2) is 25.1 Å². The zero-order valence-electron chi connectivity index (χ0n) is 11.3. The van der Waals surface area contributed by atoms with Crippen molar-refractivity contribution in [3.63, 3.8) is 0 Å². The minimum Gasteiger partial charge on any atom is -0.356 e. The second-order valence-electron chi connectivity index (χ2n) is 5.12. The first-order chi connectivity index (χ1) is 8.15. The SMILES string of the molecule is CNC(C)c1cccnc1N(C)C(C)C1CC1. The molecule has 1 saturated carbocycles. The number of nitrogens with zero attached hydrogens (tertiary/aromatic N) is 2. The first-order valence-electron chi connectivity index (χ1n) is 6.50. The Bertz CT molecular complexity index is 373. The molecule has 94 valence electrons. The van der Waals surface area contributed by atoms with Crippen LogP contribution in [0.25, 0.3) is 0 Å². The van der Waals surface area contributed by atoms with Crippen LogP contribution in [0, 0.1) is 5.92 Å². The first kappa shape index (κ1) is 12.4. The molecule has 2 rings (SSSR count). The van der Waals surface area contributed by atoms with Crippen molar-refractivity contribution in [1.82, 2.24) is 10.3 Å². The van der Waals surface area contributed by atoms with Crippen LogP contribution in [0.4, 0.5) is 5.82 Å². The number of hydrogen-bond acceptors (Lipinski definition) is 3. The smallest absolute Gasteiger partial charge is 0.133 e. The van der Waals surface area contributed by atoms with Crippen molar-refractivity contribution in [1.29, 1.82) is 0 Å². The Labute approximate surface area is 104 Å². The number of anilines is 1. The molecule has 2 atom stereocenters. The fraction of sp³-hybridized carbons (Fsp3) is 0.643. The normalized spacial score (nSPS) is 18.8. The zero-order valence-corrected chi connectivity index (χ0v) is 11.3. The summed E-state index contributed by atoms with van der Waals surface area (Å²) in [5.74, 6) is 1.98. The molecule has 3 heteroatoms. The van der Waals surface area contributed by atoms with Crippen molar-refractivity contribution >= 4 is 5.82 Å². The van der Waals surface area contributed by atoms with Crippen LogP contribution in [0.1, 0.15) is 38.3 Å². The van der Waals surface area contributed by atoms with Gasteiger partial charge in [-0.15, -0.1) is 0 Å². The maximum atomic E-state index is 4.56. The second kappa shape index (κ2) is 5.05. The Morgan fingerprint density at radius 3 is 2.71 bits per heavy atom. The first-order valence-corrected chi connectivity index (χ1v) is 6.50. The standard InChI is InChI=1S/C14H23N3/c1-10(15-3)13-6-5-9-16-14(13)17(4)11(2)12-7-8-12/h5-6,9-12,15H,7-8H2,1-4H3. The van der Waals surface area contributed by atoms with Gasteiger partial charge >= 0.3 is 0 Å². The van der Waals surface area contributed by atoms with Gasteiger partial charge in [-0.2, -0.15) is 0 Å². The topological polar surface area (TPSA) is 28.2 Å². The van der Waals surface area contributed by atoms with Gasteiger partial charge in [0.25, 0.3) is 0 Å². The van der Waals surface area contributed by atoms with Crippen molar-refractivity contribution in [2.45, 2.75) is 38.8 Å². The van der Waals surface area contributed by atoms with E-state index in [9.17, 15) is 0 Å². The third-order valence-corrected chi connectivity index (χ3v) is 3.97. The zero-order chi connectivity index (χ0) is 12.4. The average Bonchev–Trinajstić information content (AvgIpc) is 3.20. The Morgan fingerprint density at radius 2 is 2.12 bits per heavy atom. The van der Waals surface area contributed by atoms with Crippen LogP contribution < -0.4 is 10.2 Å². The number of hydrogen-bond donors (Lipinski definition) is 1. The van der Waals surface area contributed by atoms with Crippen molar-refractivity contribution in [3.8, 4) is 0 Å². The molecule has 0 aromatic carbocycles. The second-order valence-corrected chi connectivity index (χ2v) is 5.12. The van der Waals surface area contributed by atoms with Gasteiger partial charge in [0.15, 0.2) is 0 Å². The maximum absolute atomic E-state index is 4.56. The summed E-state index contributed by atoms with van der Waals surface area (Å²) in [6.07, 6.45) is 4.63. The lowest BCUT2D eigenvalue weighted by Crippen LogP contribution is -2.33. The van der Waals surface area contributed by atoms with E-state index in [4.69, 9.17) is 0 Å². The molecule has 1 heterocycles. The van der Waals surface area contributed by atoms with Gasteiger partial charge in [-0.1, -0.05) is 6.07 Å². The maximum Gasteiger partial charge on any atom is 0.133 e. The molecule has 17 heavy (non-hydrogen) atoms. The molecular weight excluding hydrogens is 210 g/mol. The van der Waals surface area contributed by atoms with Crippen LogP contribution in [0.2, 0.25) is 0 Å². The van der Waals surface area contributed by atoms with Crippen LogP contribution in [0.15, 0.2) is 18.3 Å². The molecule has 1 fully saturated rings. The van der Waals surface area contributed by atoms with Gasteiger partial charge in [-0.05, 0) is 45.7 Å². The van der Waals surface area contributed by atoms with E-state index >= 15 is 0 Å². The van der Waals surface area contributed by atoms with E-state index in [0.29, 0.717) is 12.1 Å². The molecule has 1 aliphatic rings. The van der Waals surface area contributed by atoms with Crippen molar-refractivity contribution in [2.24, 2.45) is 5.92 Å². The van der Waals surface area contributed by atoms with Gasteiger partial charge in [0.1, 0.15) is 5.82 Å². The lowest BCUT2D eigenvalue weighted by Gasteiger charge is -2.29. The van der Waals surface area contributed by atoms with Crippen LogP contribution in [0.3, 0.4) is 0 Å². The number of pyridine rings is 1. The van der Waals surface area contributed by atoms with Crippen LogP contribution >= 0.6 is 0 Å². The predicted molar refractivity (Wildman–Crippen MR) is 72.3 cm³/mol. The molecule has 1 aliphatic carbocycles. The summed E-state index contributed by atoms with van der Waals surface area (Å²) in [5, 5.41) is 3.29.